The van der Waals surface area contributed by atoms with Gasteiger partial charge in [-0.05, 0) is 29.2 Å². The van der Waals surface area contributed by atoms with E-state index in [4.69, 9.17) is 5.73 Å². The Morgan fingerprint density at radius 2 is 1.81 bits per heavy atom. The van der Waals surface area contributed by atoms with E-state index in [9.17, 15) is 4.79 Å². The highest BCUT2D eigenvalue weighted by molar-refractivity contribution is 6.03. The molecule has 0 aliphatic heterocycles. The molecule has 0 aliphatic rings. The third-order valence-corrected chi connectivity index (χ3v) is 3.00. The average molecular weight is 306 g/mol. The summed E-state index contributed by atoms with van der Waals surface area (Å²) in [6, 6.07) is 11.1. The second-order valence-corrected chi connectivity index (χ2v) is 5.73. The third-order valence-electron chi connectivity index (χ3n) is 3.00. The highest BCUT2D eigenvalue weighted by Gasteiger charge is 2.19. The van der Waals surface area contributed by atoms with Gasteiger partial charge in [-0.2, -0.15) is 0 Å². The summed E-state index contributed by atoms with van der Waals surface area (Å²) in [7, 11) is 0. The van der Waals surface area contributed by atoms with Crippen LogP contribution in [0.25, 0.3) is 0 Å². The Morgan fingerprint density at radius 1 is 1.14 bits per heavy atom. The number of benzene rings is 1. The summed E-state index contributed by atoms with van der Waals surface area (Å²) in [6.07, 6.45) is 1.48. The maximum Gasteiger partial charge on any atom is 0.274 e. The number of carbonyl (C=O) groups is 1. The molecule has 0 atom stereocenters. The Kier molecular flexibility index (Phi) is 5.33. The van der Waals surface area contributed by atoms with E-state index < -0.39 is 0 Å². The lowest BCUT2D eigenvalue weighted by Gasteiger charge is -2.22. The fourth-order valence-electron chi connectivity index (χ4n) is 1.97. The monoisotopic (exact) mass is 305 g/mol. The average Bonchev–Trinajstić information content (AvgIpc) is 2.38. The van der Waals surface area contributed by atoms with Crippen molar-refractivity contribution in [2.45, 2.75) is 26.2 Å². The Labute approximate surface area is 131 Å². The number of nitrogen functional groups attached to an aromatic ring is 1. The Balaban J connectivity index is 0.00000220. The first-order valence-electron chi connectivity index (χ1n) is 6.50. The predicted molar refractivity (Wildman–Crippen MR) is 89.0 cm³/mol. The van der Waals surface area contributed by atoms with E-state index >= 15 is 0 Å². The largest absolute Gasteiger partial charge is 0.397 e. The van der Waals surface area contributed by atoms with E-state index in [1.807, 2.05) is 24.3 Å². The third kappa shape index (κ3) is 4.20. The standard InChI is InChI=1S/C16H19N3O.ClH/c1-16(2,3)12-6-4-5-7-13(12)19-15(20)14-9-8-11(17)10-18-14;/h4-10H,17H2,1-3H3,(H,19,20);1H. The first-order chi connectivity index (χ1) is 9.38. The number of nitrogens with two attached hydrogens (primary N) is 1. The van der Waals surface area contributed by atoms with Crippen molar-refractivity contribution in [1.29, 1.82) is 0 Å². The molecule has 21 heavy (non-hydrogen) atoms. The lowest BCUT2D eigenvalue weighted by Crippen LogP contribution is -2.19. The van der Waals surface area contributed by atoms with E-state index in [1.165, 1.54) is 6.20 Å². The summed E-state index contributed by atoms with van der Waals surface area (Å²) in [5, 5.41) is 2.91. The van der Waals surface area contributed by atoms with Crippen LogP contribution in [-0.4, -0.2) is 10.9 Å². The van der Waals surface area contributed by atoms with Gasteiger partial charge >= 0.3 is 0 Å². The smallest absolute Gasteiger partial charge is 0.274 e. The van der Waals surface area contributed by atoms with Gasteiger partial charge in [-0.3, -0.25) is 4.79 Å². The van der Waals surface area contributed by atoms with Crippen molar-refractivity contribution in [3.05, 3.63) is 53.9 Å². The van der Waals surface area contributed by atoms with Gasteiger partial charge < -0.3 is 11.1 Å². The van der Waals surface area contributed by atoms with Gasteiger partial charge in [0.25, 0.3) is 5.91 Å². The molecule has 4 nitrogen and oxygen atoms in total. The van der Waals surface area contributed by atoms with Crippen LogP contribution in [0.1, 0.15) is 36.8 Å². The Bertz CT molecular complexity index is 618. The summed E-state index contributed by atoms with van der Waals surface area (Å²) in [5.74, 6) is -0.235. The SMILES string of the molecule is CC(C)(C)c1ccccc1NC(=O)c1ccc(N)cn1.Cl. The minimum Gasteiger partial charge on any atom is -0.397 e. The molecule has 1 heterocycles. The summed E-state index contributed by atoms with van der Waals surface area (Å²) in [5.41, 5.74) is 8.31. The summed E-state index contributed by atoms with van der Waals surface area (Å²) in [6.45, 7) is 6.33. The molecule has 0 bridgehead atoms. The number of amides is 1. The van der Waals surface area contributed by atoms with E-state index in [0.29, 0.717) is 11.4 Å². The molecule has 0 unspecified atom stereocenters. The van der Waals surface area contributed by atoms with Crippen molar-refractivity contribution in [2.75, 3.05) is 11.1 Å². The Morgan fingerprint density at radius 3 is 2.38 bits per heavy atom. The van der Waals surface area contributed by atoms with E-state index in [-0.39, 0.29) is 23.7 Å². The zero-order chi connectivity index (χ0) is 14.8. The van der Waals surface area contributed by atoms with Crippen molar-refractivity contribution in [2.24, 2.45) is 0 Å². The van der Waals surface area contributed by atoms with E-state index in [1.54, 1.807) is 12.1 Å². The summed E-state index contributed by atoms with van der Waals surface area (Å²) >= 11 is 0. The van der Waals surface area contributed by atoms with Gasteiger partial charge in [0, 0.05) is 5.69 Å². The van der Waals surface area contributed by atoms with E-state index in [2.05, 4.69) is 31.1 Å². The van der Waals surface area contributed by atoms with Crippen LogP contribution >= 0.6 is 12.4 Å². The normalized spacial score (nSPS) is 10.6. The maximum atomic E-state index is 12.2. The van der Waals surface area contributed by atoms with Crippen LogP contribution in [-0.2, 0) is 5.41 Å². The number of aromatic nitrogens is 1. The highest BCUT2D eigenvalue weighted by Crippen LogP contribution is 2.29. The predicted octanol–water partition coefficient (Wildman–Crippen LogP) is 3.64. The molecular weight excluding hydrogens is 286 g/mol. The first-order valence-corrected chi connectivity index (χ1v) is 6.50. The number of pyridine rings is 1. The van der Waals surface area contributed by atoms with E-state index in [0.717, 1.165) is 11.3 Å². The van der Waals surface area contributed by atoms with Gasteiger partial charge in [-0.25, -0.2) is 4.98 Å². The molecule has 112 valence electrons. The molecule has 5 heteroatoms. The number of hydrogen-bond acceptors (Lipinski definition) is 3. The minimum absolute atomic E-state index is 0. The number of halogens is 1. The molecule has 1 aromatic heterocycles. The van der Waals surface area contributed by atoms with Gasteiger partial charge in [0.1, 0.15) is 5.69 Å². The maximum absolute atomic E-state index is 12.2. The Hall–Kier alpha value is -2.07. The molecule has 2 rings (SSSR count). The van der Waals surface area contributed by atoms with Crippen LogP contribution < -0.4 is 11.1 Å². The molecule has 0 saturated heterocycles. The number of rotatable bonds is 2. The van der Waals surface area contributed by atoms with Crippen LogP contribution in [0.3, 0.4) is 0 Å². The van der Waals surface area contributed by atoms with Crippen LogP contribution in [0.4, 0.5) is 11.4 Å². The van der Waals surface area contributed by atoms with Gasteiger partial charge in [-0.15, -0.1) is 12.4 Å². The van der Waals surface area contributed by atoms with Crippen LogP contribution in [0, 0.1) is 0 Å². The van der Waals surface area contributed by atoms with Crippen molar-refractivity contribution in [3.8, 4) is 0 Å². The molecule has 0 radical (unpaired) electrons. The van der Waals surface area contributed by atoms with Crippen LogP contribution in [0.15, 0.2) is 42.6 Å². The number of nitrogens with zero attached hydrogens (tertiary/aromatic N) is 1. The lowest BCUT2D eigenvalue weighted by atomic mass is 9.86. The quantitative estimate of drug-likeness (QED) is 0.890. The lowest BCUT2D eigenvalue weighted by molar-refractivity contribution is 0.102. The molecule has 1 amide bonds. The number of carbonyl (C=O) groups excluding carboxylic acids is 1. The van der Waals surface area contributed by atoms with Crippen LogP contribution in [0.2, 0.25) is 0 Å². The summed E-state index contributed by atoms with van der Waals surface area (Å²) in [4.78, 5) is 16.2. The molecular formula is C16H20ClN3O. The van der Waals surface area contributed by atoms with Crippen molar-refractivity contribution < 1.29 is 4.79 Å². The second kappa shape index (κ2) is 6.59. The molecule has 1 aromatic carbocycles. The van der Waals surface area contributed by atoms with Gasteiger partial charge in [-0.1, -0.05) is 39.0 Å². The zero-order valence-corrected chi connectivity index (χ0v) is 13.2. The first kappa shape index (κ1) is 17.0. The number of hydrogen-bond donors (Lipinski definition) is 2. The minimum atomic E-state index is -0.235. The van der Waals surface area contributed by atoms with Crippen molar-refractivity contribution >= 4 is 29.7 Å². The second-order valence-electron chi connectivity index (χ2n) is 5.73. The highest BCUT2D eigenvalue weighted by atomic mass is 35.5. The molecule has 0 fully saturated rings. The molecule has 3 N–H and O–H groups in total. The number of anilines is 2. The van der Waals surface area contributed by atoms with Crippen molar-refractivity contribution in [1.82, 2.24) is 4.98 Å². The summed E-state index contributed by atoms with van der Waals surface area (Å²) < 4.78 is 0. The zero-order valence-electron chi connectivity index (χ0n) is 12.4. The topological polar surface area (TPSA) is 68.0 Å². The van der Waals surface area contributed by atoms with Crippen molar-refractivity contribution in [3.63, 3.8) is 0 Å². The fraction of sp³-hybridized carbons (Fsp3) is 0.250. The van der Waals surface area contributed by atoms with Crippen LogP contribution in [0.5, 0.6) is 0 Å². The fourth-order valence-corrected chi connectivity index (χ4v) is 1.97. The molecule has 0 spiro atoms. The molecule has 0 saturated carbocycles. The van der Waals surface area contributed by atoms with Gasteiger partial charge in [0.05, 0.1) is 11.9 Å². The molecule has 0 aliphatic carbocycles. The molecule has 2 aromatic rings. The van der Waals surface area contributed by atoms with Gasteiger partial charge in [0.2, 0.25) is 0 Å². The number of para-hydroxylation sites is 1. The van der Waals surface area contributed by atoms with Gasteiger partial charge in [0.15, 0.2) is 0 Å². The number of nitrogens with one attached hydrogen (secondary N) is 1.